The molecule has 4 rings (SSSR count). The molecular weight excluding hydrogens is 348 g/mol. The average molecular weight is 399 g/mol. The predicted molar refractivity (Wildman–Crippen MR) is 127 cm³/mol. The number of fused-ring (bicyclic) bond motifs is 5. The average Bonchev–Trinajstić information content (AvgIpc) is 3.05. The molecule has 0 N–H and O–H groups in total. The highest BCUT2D eigenvalue weighted by molar-refractivity contribution is 5.27. The summed E-state index contributed by atoms with van der Waals surface area (Å²) in [6.07, 6.45) is 20.5. The highest BCUT2D eigenvalue weighted by Crippen LogP contribution is 2.67. The zero-order valence-electron chi connectivity index (χ0n) is 20.6. The van der Waals surface area contributed by atoms with Gasteiger partial charge in [-0.05, 0) is 104 Å². The maximum atomic E-state index is 2.80. The van der Waals surface area contributed by atoms with Crippen LogP contribution in [0.1, 0.15) is 119 Å². The zero-order chi connectivity index (χ0) is 20.8. The van der Waals surface area contributed by atoms with E-state index >= 15 is 0 Å². The molecule has 4 aliphatic carbocycles. The standard InChI is InChI=1S/C29H50/c1-7-22(20(2)3)12-11-21(4)25-15-16-26-24-14-13-23-10-8-9-18-28(23,5)27(24)17-19-29(25,26)6/h14,20-23,25-27H,7-13,15-19H2,1-6H3/t21-,22-,23?,25-,26+,27+,28+,29-/m1/s1. The predicted octanol–water partition coefficient (Wildman–Crippen LogP) is 9.05. The Hall–Kier alpha value is -0.260. The fourth-order valence-electron chi connectivity index (χ4n) is 9.21. The van der Waals surface area contributed by atoms with Crippen molar-refractivity contribution in [1.82, 2.24) is 0 Å². The van der Waals surface area contributed by atoms with Gasteiger partial charge in [0.05, 0.1) is 0 Å². The van der Waals surface area contributed by atoms with Gasteiger partial charge >= 0.3 is 0 Å². The second-order valence-corrected chi connectivity index (χ2v) is 12.7. The Morgan fingerprint density at radius 3 is 2.38 bits per heavy atom. The summed E-state index contributed by atoms with van der Waals surface area (Å²) in [6, 6.07) is 0. The zero-order valence-corrected chi connectivity index (χ0v) is 20.6. The van der Waals surface area contributed by atoms with Gasteiger partial charge in [-0.15, -0.1) is 0 Å². The Kier molecular flexibility index (Phi) is 6.32. The van der Waals surface area contributed by atoms with Crippen LogP contribution in [0, 0.1) is 52.3 Å². The number of hydrogen-bond acceptors (Lipinski definition) is 0. The van der Waals surface area contributed by atoms with Crippen LogP contribution in [0.15, 0.2) is 11.6 Å². The SMILES string of the molecule is CC[C@H](CC[C@@H](C)[C@H]1CC[C@H]2C3=CCC4CCCC[C@]4(C)[C@H]3CC[C@]12C)C(C)C. The van der Waals surface area contributed by atoms with Gasteiger partial charge < -0.3 is 0 Å². The van der Waals surface area contributed by atoms with Crippen LogP contribution in [0.3, 0.4) is 0 Å². The summed E-state index contributed by atoms with van der Waals surface area (Å²) in [6.45, 7) is 15.3. The van der Waals surface area contributed by atoms with Gasteiger partial charge in [-0.3, -0.25) is 0 Å². The molecule has 0 aromatic heterocycles. The van der Waals surface area contributed by atoms with Crippen molar-refractivity contribution in [2.75, 3.05) is 0 Å². The Bertz CT molecular complexity index is 599. The van der Waals surface area contributed by atoms with Gasteiger partial charge in [-0.25, -0.2) is 0 Å². The molecule has 4 aliphatic rings. The van der Waals surface area contributed by atoms with Crippen molar-refractivity contribution in [1.29, 1.82) is 0 Å². The normalized spacial score (nSPS) is 43.9. The summed E-state index contributed by atoms with van der Waals surface area (Å²) in [5.41, 5.74) is 3.20. The van der Waals surface area contributed by atoms with E-state index in [1.807, 2.05) is 5.57 Å². The number of rotatable bonds is 6. The molecule has 0 heteroatoms. The van der Waals surface area contributed by atoms with Crippen LogP contribution in [0.25, 0.3) is 0 Å². The summed E-state index contributed by atoms with van der Waals surface area (Å²) >= 11 is 0. The maximum Gasteiger partial charge on any atom is -0.0143 e. The van der Waals surface area contributed by atoms with E-state index in [1.165, 1.54) is 77.0 Å². The van der Waals surface area contributed by atoms with Crippen molar-refractivity contribution in [2.24, 2.45) is 52.3 Å². The van der Waals surface area contributed by atoms with E-state index in [4.69, 9.17) is 0 Å². The lowest BCUT2D eigenvalue weighted by atomic mass is 9.48. The van der Waals surface area contributed by atoms with Crippen LogP contribution in [-0.2, 0) is 0 Å². The molecule has 0 bridgehead atoms. The van der Waals surface area contributed by atoms with Crippen molar-refractivity contribution >= 4 is 0 Å². The third-order valence-corrected chi connectivity index (χ3v) is 11.2. The third kappa shape index (κ3) is 3.67. The molecule has 0 aromatic rings. The Morgan fingerprint density at radius 2 is 1.66 bits per heavy atom. The van der Waals surface area contributed by atoms with E-state index in [1.54, 1.807) is 0 Å². The first kappa shape index (κ1) is 22.0. The first-order valence-electron chi connectivity index (χ1n) is 13.5. The van der Waals surface area contributed by atoms with Gasteiger partial charge in [-0.1, -0.05) is 78.9 Å². The summed E-state index contributed by atoms with van der Waals surface area (Å²) in [7, 11) is 0. The summed E-state index contributed by atoms with van der Waals surface area (Å²) in [4.78, 5) is 0. The smallest absolute Gasteiger partial charge is 0.0143 e. The molecule has 0 aliphatic heterocycles. The van der Waals surface area contributed by atoms with E-state index in [9.17, 15) is 0 Å². The second-order valence-electron chi connectivity index (χ2n) is 12.7. The fraction of sp³-hybridized carbons (Fsp3) is 0.931. The van der Waals surface area contributed by atoms with Crippen molar-refractivity contribution in [3.05, 3.63) is 11.6 Å². The minimum Gasteiger partial charge on any atom is -0.0844 e. The molecule has 0 amide bonds. The van der Waals surface area contributed by atoms with Crippen LogP contribution < -0.4 is 0 Å². The number of allylic oxidation sites excluding steroid dienone is 2. The first-order valence-corrected chi connectivity index (χ1v) is 13.5. The van der Waals surface area contributed by atoms with Crippen molar-refractivity contribution in [3.63, 3.8) is 0 Å². The van der Waals surface area contributed by atoms with Crippen LogP contribution in [0.5, 0.6) is 0 Å². The van der Waals surface area contributed by atoms with E-state index < -0.39 is 0 Å². The van der Waals surface area contributed by atoms with Crippen LogP contribution in [0.4, 0.5) is 0 Å². The summed E-state index contributed by atoms with van der Waals surface area (Å²) in [5.74, 6) is 6.51. The Balaban J connectivity index is 1.48. The van der Waals surface area contributed by atoms with Crippen LogP contribution >= 0.6 is 0 Å². The van der Waals surface area contributed by atoms with Gasteiger partial charge in [0.1, 0.15) is 0 Å². The third-order valence-electron chi connectivity index (χ3n) is 11.2. The lowest BCUT2D eigenvalue weighted by Gasteiger charge is -2.57. The van der Waals surface area contributed by atoms with Crippen LogP contribution in [0.2, 0.25) is 0 Å². The van der Waals surface area contributed by atoms with E-state index in [-0.39, 0.29) is 0 Å². The van der Waals surface area contributed by atoms with Gasteiger partial charge in [0.15, 0.2) is 0 Å². The van der Waals surface area contributed by atoms with Gasteiger partial charge in [0.25, 0.3) is 0 Å². The second kappa shape index (κ2) is 8.35. The van der Waals surface area contributed by atoms with E-state index in [0.717, 1.165) is 41.4 Å². The minimum absolute atomic E-state index is 0.596. The molecule has 166 valence electrons. The molecule has 1 unspecified atom stereocenters. The quantitative estimate of drug-likeness (QED) is 0.391. The van der Waals surface area contributed by atoms with Crippen molar-refractivity contribution < 1.29 is 0 Å². The lowest BCUT2D eigenvalue weighted by molar-refractivity contribution is -0.00832. The number of hydrogen-bond donors (Lipinski definition) is 0. The van der Waals surface area contributed by atoms with Gasteiger partial charge in [0, 0.05) is 0 Å². The molecule has 0 heterocycles. The topological polar surface area (TPSA) is 0 Å². The fourth-order valence-corrected chi connectivity index (χ4v) is 9.21. The van der Waals surface area contributed by atoms with Gasteiger partial charge in [-0.2, -0.15) is 0 Å². The van der Waals surface area contributed by atoms with E-state index in [0.29, 0.717) is 10.8 Å². The molecule has 0 spiro atoms. The molecule has 0 nitrogen and oxygen atoms in total. The largest absolute Gasteiger partial charge is 0.0844 e. The molecular formula is C29H50. The highest BCUT2D eigenvalue weighted by atomic mass is 14.6. The minimum atomic E-state index is 0.596. The Morgan fingerprint density at radius 1 is 0.897 bits per heavy atom. The monoisotopic (exact) mass is 398 g/mol. The molecule has 3 saturated carbocycles. The molecule has 8 atom stereocenters. The summed E-state index contributed by atoms with van der Waals surface area (Å²) < 4.78 is 0. The maximum absolute atomic E-state index is 2.80. The van der Waals surface area contributed by atoms with Crippen molar-refractivity contribution in [2.45, 2.75) is 119 Å². The molecule has 0 saturated heterocycles. The van der Waals surface area contributed by atoms with Gasteiger partial charge in [0.2, 0.25) is 0 Å². The lowest BCUT2D eigenvalue weighted by Crippen LogP contribution is -2.48. The van der Waals surface area contributed by atoms with Crippen molar-refractivity contribution in [3.8, 4) is 0 Å². The van der Waals surface area contributed by atoms with E-state index in [2.05, 4.69) is 47.6 Å². The molecule has 3 fully saturated rings. The van der Waals surface area contributed by atoms with Crippen LogP contribution in [-0.4, -0.2) is 0 Å². The summed E-state index contributed by atoms with van der Waals surface area (Å²) in [5, 5.41) is 0. The highest BCUT2D eigenvalue weighted by Gasteiger charge is 2.57. The first-order chi connectivity index (χ1) is 13.8. The molecule has 29 heavy (non-hydrogen) atoms. The Labute approximate surface area is 182 Å². The molecule has 0 aromatic carbocycles. The molecule has 0 radical (unpaired) electrons.